The molecular weight excluding hydrogens is 302 g/mol. The van der Waals surface area contributed by atoms with Crippen molar-refractivity contribution in [2.45, 2.75) is 6.04 Å². The lowest BCUT2D eigenvalue weighted by atomic mass is 10.1. The Morgan fingerprint density at radius 1 is 1.47 bits per heavy atom. The first-order valence-corrected chi connectivity index (χ1v) is 6.40. The molecule has 0 saturated heterocycles. The molecule has 1 aromatic heterocycles. The van der Waals surface area contributed by atoms with Gasteiger partial charge in [0.05, 0.1) is 11.1 Å². The van der Waals surface area contributed by atoms with E-state index in [0.29, 0.717) is 5.02 Å². The molecule has 3 nitrogen and oxygen atoms in total. The Hall–Kier alpha value is -0.840. The summed E-state index contributed by atoms with van der Waals surface area (Å²) in [5.74, 6) is 0.974. The summed E-state index contributed by atoms with van der Waals surface area (Å²) in [4.78, 5) is 4.37. The summed E-state index contributed by atoms with van der Waals surface area (Å²) in [5.41, 5.74) is 1.12. The van der Waals surface area contributed by atoms with Gasteiger partial charge in [0, 0.05) is 23.9 Å². The molecule has 0 fully saturated rings. The van der Waals surface area contributed by atoms with Crippen LogP contribution in [0.1, 0.15) is 17.4 Å². The van der Waals surface area contributed by atoms with Crippen molar-refractivity contribution in [1.82, 2.24) is 14.9 Å². The Balaban J connectivity index is 2.42. The summed E-state index contributed by atoms with van der Waals surface area (Å²) in [6.07, 6.45) is 3.73. The first-order chi connectivity index (χ1) is 8.13. The van der Waals surface area contributed by atoms with Crippen LogP contribution in [0.4, 0.5) is 0 Å². The zero-order chi connectivity index (χ0) is 12.4. The molecule has 0 spiro atoms. The highest BCUT2D eigenvalue weighted by molar-refractivity contribution is 9.10. The fraction of sp³-hybridized carbons (Fsp3) is 0.250. The molecule has 2 rings (SSSR count). The van der Waals surface area contributed by atoms with Gasteiger partial charge < -0.3 is 9.88 Å². The summed E-state index contributed by atoms with van der Waals surface area (Å²) in [6.45, 7) is 0. The van der Waals surface area contributed by atoms with Gasteiger partial charge in [-0.05, 0) is 40.7 Å². The molecule has 1 unspecified atom stereocenters. The average Bonchev–Trinajstić information content (AvgIpc) is 2.71. The molecule has 2 aromatic rings. The molecule has 5 heteroatoms. The van der Waals surface area contributed by atoms with Gasteiger partial charge in [0.1, 0.15) is 5.82 Å². The van der Waals surface area contributed by atoms with Gasteiger partial charge in [-0.3, -0.25) is 0 Å². The summed E-state index contributed by atoms with van der Waals surface area (Å²) >= 11 is 9.44. The van der Waals surface area contributed by atoms with E-state index in [4.69, 9.17) is 11.6 Å². The molecule has 0 aliphatic heterocycles. The van der Waals surface area contributed by atoms with Gasteiger partial charge in [0.2, 0.25) is 0 Å². The molecule has 1 aromatic carbocycles. The summed E-state index contributed by atoms with van der Waals surface area (Å²) < 4.78 is 2.90. The molecule has 0 aliphatic carbocycles. The Kier molecular flexibility index (Phi) is 3.86. The van der Waals surface area contributed by atoms with Crippen LogP contribution >= 0.6 is 27.5 Å². The molecule has 0 amide bonds. The van der Waals surface area contributed by atoms with E-state index >= 15 is 0 Å². The maximum absolute atomic E-state index is 6.00. The van der Waals surface area contributed by atoms with Gasteiger partial charge in [-0.15, -0.1) is 0 Å². The number of benzene rings is 1. The molecule has 90 valence electrons. The van der Waals surface area contributed by atoms with Crippen LogP contribution in [-0.2, 0) is 7.05 Å². The number of hydrogen-bond acceptors (Lipinski definition) is 2. The van der Waals surface area contributed by atoms with E-state index < -0.39 is 0 Å². The fourth-order valence-corrected chi connectivity index (χ4v) is 2.31. The molecule has 0 radical (unpaired) electrons. The van der Waals surface area contributed by atoms with E-state index in [1.54, 1.807) is 6.20 Å². The van der Waals surface area contributed by atoms with Crippen LogP contribution in [0, 0.1) is 0 Å². The van der Waals surface area contributed by atoms with E-state index in [-0.39, 0.29) is 6.04 Å². The topological polar surface area (TPSA) is 29.9 Å². The molecule has 1 atom stereocenters. The molecule has 17 heavy (non-hydrogen) atoms. The quantitative estimate of drug-likeness (QED) is 0.943. The fourth-order valence-electron chi connectivity index (χ4n) is 1.79. The van der Waals surface area contributed by atoms with Crippen molar-refractivity contribution in [1.29, 1.82) is 0 Å². The second-order valence-corrected chi connectivity index (χ2v) is 5.05. The molecule has 0 aliphatic rings. The van der Waals surface area contributed by atoms with Crippen molar-refractivity contribution in [2.75, 3.05) is 7.05 Å². The first kappa shape index (κ1) is 12.6. The largest absolute Gasteiger partial charge is 0.336 e. The van der Waals surface area contributed by atoms with Crippen LogP contribution in [0.2, 0.25) is 5.02 Å². The van der Waals surface area contributed by atoms with Gasteiger partial charge in [-0.2, -0.15) is 0 Å². The zero-order valence-corrected chi connectivity index (χ0v) is 12.0. The number of halogens is 2. The van der Waals surface area contributed by atoms with E-state index in [9.17, 15) is 0 Å². The SMILES string of the molecule is CNC(c1ccc(Cl)c(Br)c1)c1nccn1C. The summed E-state index contributed by atoms with van der Waals surface area (Å²) in [7, 11) is 3.90. The normalized spacial score (nSPS) is 12.7. The van der Waals surface area contributed by atoms with Gasteiger partial charge >= 0.3 is 0 Å². The van der Waals surface area contributed by atoms with Crippen LogP contribution in [0.25, 0.3) is 0 Å². The predicted molar refractivity (Wildman–Crippen MR) is 73.3 cm³/mol. The Bertz CT molecular complexity index is 524. The zero-order valence-electron chi connectivity index (χ0n) is 9.61. The van der Waals surface area contributed by atoms with Crippen LogP contribution < -0.4 is 5.32 Å². The van der Waals surface area contributed by atoms with Crippen LogP contribution in [0.15, 0.2) is 35.1 Å². The third-order valence-corrected chi connectivity index (χ3v) is 3.90. The van der Waals surface area contributed by atoms with Crippen LogP contribution in [-0.4, -0.2) is 16.6 Å². The van der Waals surface area contributed by atoms with Gasteiger partial charge in [0.15, 0.2) is 0 Å². The molecule has 1 N–H and O–H groups in total. The minimum Gasteiger partial charge on any atom is -0.336 e. The van der Waals surface area contributed by atoms with Crippen LogP contribution in [0.5, 0.6) is 0 Å². The number of aryl methyl sites for hydroxylation is 1. The lowest BCUT2D eigenvalue weighted by Crippen LogP contribution is -2.21. The maximum Gasteiger partial charge on any atom is 0.130 e. The number of rotatable bonds is 3. The third-order valence-electron chi connectivity index (χ3n) is 2.68. The standard InChI is InChI=1S/C12H13BrClN3/c1-15-11(12-16-5-6-17(12)2)8-3-4-10(14)9(13)7-8/h3-7,11,15H,1-2H3. The Morgan fingerprint density at radius 3 is 2.76 bits per heavy atom. The number of nitrogens with zero attached hydrogens (tertiary/aromatic N) is 2. The lowest BCUT2D eigenvalue weighted by molar-refractivity contribution is 0.617. The van der Waals surface area contributed by atoms with Crippen molar-refractivity contribution in [3.05, 3.63) is 51.5 Å². The Labute approximate surface area is 114 Å². The first-order valence-electron chi connectivity index (χ1n) is 5.23. The number of imidazole rings is 1. The summed E-state index contributed by atoms with van der Waals surface area (Å²) in [6, 6.07) is 5.96. The van der Waals surface area contributed by atoms with Gasteiger partial charge in [0.25, 0.3) is 0 Å². The van der Waals surface area contributed by atoms with Crippen molar-refractivity contribution in [3.8, 4) is 0 Å². The second-order valence-electron chi connectivity index (χ2n) is 3.79. The van der Waals surface area contributed by atoms with Gasteiger partial charge in [-0.25, -0.2) is 4.98 Å². The predicted octanol–water partition coefficient (Wildman–Crippen LogP) is 3.14. The second kappa shape index (κ2) is 5.21. The van der Waals surface area contributed by atoms with Crippen molar-refractivity contribution in [3.63, 3.8) is 0 Å². The molecular formula is C12H13BrClN3. The summed E-state index contributed by atoms with van der Waals surface area (Å²) in [5, 5.41) is 3.97. The lowest BCUT2D eigenvalue weighted by Gasteiger charge is -2.17. The van der Waals surface area contributed by atoms with Crippen molar-refractivity contribution >= 4 is 27.5 Å². The molecule has 0 saturated carbocycles. The van der Waals surface area contributed by atoms with E-state index in [1.165, 1.54) is 0 Å². The number of nitrogens with one attached hydrogen (secondary N) is 1. The monoisotopic (exact) mass is 313 g/mol. The van der Waals surface area contributed by atoms with E-state index in [0.717, 1.165) is 15.9 Å². The van der Waals surface area contributed by atoms with Crippen molar-refractivity contribution in [2.24, 2.45) is 7.05 Å². The molecule has 1 heterocycles. The van der Waals surface area contributed by atoms with E-state index in [2.05, 4.69) is 26.2 Å². The smallest absolute Gasteiger partial charge is 0.130 e. The number of aromatic nitrogens is 2. The van der Waals surface area contributed by atoms with Gasteiger partial charge in [-0.1, -0.05) is 17.7 Å². The minimum atomic E-state index is 0.0589. The average molecular weight is 315 g/mol. The highest BCUT2D eigenvalue weighted by Crippen LogP contribution is 2.28. The number of hydrogen-bond donors (Lipinski definition) is 1. The van der Waals surface area contributed by atoms with Crippen LogP contribution in [0.3, 0.4) is 0 Å². The van der Waals surface area contributed by atoms with E-state index in [1.807, 2.05) is 43.1 Å². The minimum absolute atomic E-state index is 0.0589. The highest BCUT2D eigenvalue weighted by Gasteiger charge is 2.16. The third kappa shape index (κ3) is 2.54. The van der Waals surface area contributed by atoms with Crippen molar-refractivity contribution < 1.29 is 0 Å². The Morgan fingerprint density at radius 2 is 2.24 bits per heavy atom. The maximum atomic E-state index is 6.00. The highest BCUT2D eigenvalue weighted by atomic mass is 79.9. The molecule has 0 bridgehead atoms.